The van der Waals surface area contributed by atoms with Gasteiger partial charge in [-0.1, -0.05) is 43.4 Å². The molecule has 0 N–H and O–H groups in total. The van der Waals surface area contributed by atoms with Crippen molar-refractivity contribution in [3.05, 3.63) is 71.3 Å². The second kappa shape index (κ2) is 19.4. The molecular weight excluding hydrogens is 673 g/mol. The molecule has 1 nitrogen and oxygen atoms in total. The molecule has 1 saturated heterocycles. The van der Waals surface area contributed by atoms with Crippen LogP contribution >= 0.6 is 27.3 Å². The number of hydrogen-bond acceptors (Lipinski definition) is 1. The molecule has 2 aromatic rings. The molecule has 1 heterocycles. The molecule has 0 aromatic heterocycles. The Morgan fingerprint density at radius 3 is 1.56 bits per heavy atom. The summed E-state index contributed by atoms with van der Waals surface area (Å²) in [6.45, 7) is 10.1. The second-order valence-electron chi connectivity index (χ2n) is 13.5. The van der Waals surface area contributed by atoms with E-state index in [9.17, 15) is 0 Å². The van der Waals surface area contributed by atoms with Crippen molar-refractivity contribution in [1.29, 1.82) is 0 Å². The van der Waals surface area contributed by atoms with Gasteiger partial charge in [0, 0.05) is 13.6 Å². The van der Waals surface area contributed by atoms with E-state index >= 15 is 0 Å². The number of nitrogens with zero attached hydrogens (tertiary/aromatic N) is 1. The molecule has 0 atom stereocenters. The third-order valence-electron chi connectivity index (χ3n) is 10.1. The maximum atomic E-state index is 5.67. The summed E-state index contributed by atoms with van der Waals surface area (Å²) in [4.78, 5) is 2.41. The molecule has 3 aliphatic carbocycles. The molecule has 0 amide bonds. The second-order valence-corrected chi connectivity index (χ2v) is 22.7. The van der Waals surface area contributed by atoms with Gasteiger partial charge in [-0.2, -0.15) is 6.42 Å². The van der Waals surface area contributed by atoms with E-state index in [4.69, 9.17) is 19.4 Å². The summed E-state index contributed by atoms with van der Waals surface area (Å²) in [7, 11) is 11.3. The van der Waals surface area contributed by atoms with Gasteiger partial charge in [0.05, 0.1) is 17.0 Å². The van der Waals surface area contributed by atoms with Crippen molar-refractivity contribution in [3.8, 4) is 0 Å². The van der Waals surface area contributed by atoms with Crippen LogP contribution in [0.5, 0.6) is 0 Å². The Bertz CT molecular complexity index is 1030. The van der Waals surface area contributed by atoms with Crippen LogP contribution in [-0.4, -0.2) is 28.1 Å². The molecule has 6 rings (SSSR count). The number of aryl methyl sites for hydroxylation is 3. The quantitative estimate of drug-likeness (QED) is 0.168. The van der Waals surface area contributed by atoms with Gasteiger partial charge in [-0.25, -0.2) is 6.54 Å². The van der Waals surface area contributed by atoms with Crippen LogP contribution < -0.4 is 4.90 Å². The first-order valence-corrected chi connectivity index (χ1v) is 24.6. The Kier molecular flexibility index (Phi) is 16.1. The first-order chi connectivity index (χ1) is 20.9. The van der Waals surface area contributed by atoms with Crippen molar-refractivity contribution in [2.75, 3.05) is 11.4 Å². The molecule has 5 heteroatoms. The number of hydrogen-bond donors (Lipinski definition) is 0. The molecule has 0 radical (unpaired) electrons. The fourth-order valence-electron chi connectivity index (χ4n) is 8.35. The molecule has 0 unspecified atom stereocenters. The summed E-state index contributed by atoms with van der Waals surface area (Å²) in [6, 6.07) is 14.4. The predicted molar refractivity (Wildman–Crippen MR) is 194 cm³/mol. The van der Waals surface area contributed by atoms with Gasteiger partial charge in [0.1, 0.15) is 0 Å². The summed E-state index contributed by atoms with van der Waals surface area (Å²) in [5.41, 5.74) is 10.4. The predicted octanol–water partition coefficient (Wildman–Crippen LogP) is 12.3. The van der Waals surface area contributed by atoms with Crippen LogP contribution in [0.25, 0.3) is 0 Å². The molecule has 242 valence electrons. The van der Waals surface area contributed by atoms with E-state index in [-0.39, 0.29) is 7.92 Å². The van der Waals surface area contributed by atoms with Crippen LogP contribution in [0, 0.1) is 27.3 Å². The van der Waals surface area contributed by atoms with Gasteiger partial charge in [-0.3, -0.25) is 0 Å². The molecular formula is C38H58Cl2NPRu. The van der Waals surface area contributed by atoms with Crippen LogP contribution in [0.1, 0.15) is 131 Å². The van der Waals surface area contributed by atoms with Gasteiger partial charge >= 0.3 is 73.4 Å². The Morgan fingerprint density at radius 2 is 1.16 bits per heavy atom. The van der Waals surface area contributed by atoms with Crippen molar-refractivity contribution < 1.29 is 13.5 Å². The molecule has 4 fully saturated rings. The number of halogens is 2. The van der Waals surface area contributed by atoms with Gasteiger partial charge in [0.2, 0.25) is 0 Å². The first kappa shape index (κ1) is 35.6. The summed E-state index contributed by atoms with van der Waals surface area (Å²) in [5, 5.41) is 0. The van der Waals surface area contributed by atoms with Crippen LogP contribution in [0.3, 0.4) is 0 Å². The van der Waals surface area contributed by atoms with Crippen LogP contribution in [0.15, 0.2) is 42.5 Å². The van der Waals surface area contributed by atoms with E-state index in [2.05, 4.69) is 44.3 Å². The zero-order valence-corrected chi connectivity index (χ0v) is 31.5. The summed E-state index contributed by atoms with van der Waals surface area (Å²) < 4.78 is 1.92. The first-order valence-electron chi connectivity index (χ1n) is 17.3. The Hall–Kier alpha value is -0.257. The number of rotatable bonds is 5. The van der Waals surface area contributed by atoms with Gasteiger partial charge in [-0.05, 0) is 115 Å². The fourth-order valence-corrected chi connectivity index (χ4v) is 15.4. The van der Waals surface area contributed by atoms with Crippen molar-refractivity contribution in [2.24, 2.45) is 0 Å². The Labute approximate surface area is 279 Å². The SMILES string of the molecule is C1CCC([PH+](C2CCCCC2)C2CCCCC2)CC1.Cc1cc(C)c(N2[CH-]CCC2)c(C)c1.[Cl][Ru]([Cl])=[CH]c1ccccc1. The minimum absolute atomic E-state index is 0.0465. The van der Waals surface area contributed by atoms with E-state index in [1.165, 1.54) is 58.7 Å². The number of benzene rings is 2. The molecule has 1 aliphatic heterocycles. The zero-order chi connectivity index (χ0) is 30.4. The summed E-state index contributed by atoms with van der Waals surface area (Å²) in [5.74, 6) is 0. The Balaban J connectivity index is 0.000000156. The van der Waals surface area contributed by atoms with Crippen molar-refractivity contribution in [2.45, 2.75) is 147 Å². The van der Waals surface area contributed by atoms with Crippen molar-refractivity contribution in [1.82, 2.24) is 0 Å². The normalized spacial score (nSPS) is 20.6. The van der Waals surface area contributed by atoms with Gasteiger partial charge in [-0.15, -0.1) is 0 Å². The standard InChI is InChI=1S/C18H33P.C13H18N.C7H6.2ClH.Ru/c1-4-10-16(11-5-1)19(17-12-6-2-7-13-17)18-14-8-3-9-15-18;1-10-8-11(2)13(12(3)9-10)14-6-4-5-7-14;1-7-5-3-2-4-6-7;;;/h16-18H,1-15H2;6,8-9H,4-5,7H2,1-3H3;1-6H;2*1H;/q;-1;;;;+2/p-1. The van der Waals surface area contributed by atoms with Gasteiger partial charge < -0.3 is 4.90 Å². The third kappa shape index (κ3) is 11.8. The van der Waals surface area contributed by atoms with E-state index in [0.29, 0.717) is 0 Å². The molecule has 0 bridgehead atoms. The Morgan fingerprint density at radius 1 is 0.698 bits per heavy atom. The maximum absolute atomic E-state index is 5.67. The van der Waals surface area contributed by atoms with E-state index in [0.717, 1.165) is 5.56 Å². The third-order valence-corrected chi connectivity index (χ3v) is 16.5. The zero-order valence-electron chi connectivity index (χ0n) is 27.2. The van der Waals surface area contributed by atoms with E-state index in [1.807, 2.05) is 34.9 Å². The summed E-state index contributed by atoms with van der Waals surface area (Å²) >= 11 is -1.61. The average molecular weight is 732 g/mol. The van der Waals surface area contributed by atoms with Crippen molar-refractivity contribution in [3.63, 3.8) is 0 Å². The minimum atomic E-state index is -1.61. The summed E-state index contributed by atoms with van der Waals surface area (Å²) in [6.07, 6.45) is 26.3. The molecule has 4 aliphatic rings. The topological polar surface area (TPSA) is 3.24 Å². The van der Waals surface area contributed by atoms with Gasteiger partial charge in [0.15, 0.2) is 0 Å². The van der Waals surface area contributed by atoms with E-state index < -0.39 is 13.5 Å². The fraction of sp³-hybridized carbons (Fsp3) is 0.632. The van der Waals surface area contributed by atoms with E-state index in [1.54, 1.807) is 96.3 Å². The van der Waals surface area contributed by atoms with Crippen LogP contribution in [0.2, 0.25) is 0 Å². The van der Waals surface area contributed by atoms with Crippen LogP contribution in [0.4, 0.5) is 5.69 Å². The molecule has 0 spiro atoms. The van der Waals surface area contributed by atoms with Crippen molar-refractivity contribution >= 4 is 37.6 Å². The molecule has 2 aromatic carbocycles. The molecule has 3 saturated carbocycles. The van der Waals surface area contributed by atoms with Crippen LogP contribution in [-0.2, 0) is 13.5 Å². The molecule has 43 heavy (non-hydrogen) atoms. The van der Waals surface area contributed by atoms with Gasteiger partial charge in [0.25, 0.3) is 0 Å². The monoisotopic (exact) mass is 731 g/mol. The number of anilines is 1. The average Bonchev–Trinajstić information content (AvgIpc) is 3.54.